The molecule has 2 aromatic carbocycles. The fourth-order valence-corrected chi connectivity index (χ4v) is 2.24. The Labute approximate surface area is 128 Å². The molecule has 0 aromatic heterocycles. The maximum atomic E-state index is 13.0. The second-order valence-electron chi connectivity index (χ2n) is 5.41. The minimum atomic E-state index is -0.741. The lowest BCUT2D eigenvalue weighted by molar-refractivity contribution is -0.125. The molecule has 0 unspecified atom stereocenters. The molecule has 1 amide bonds. The number of benzene rings is 2. The van der Waals surface area contributed by atoms with Crippen molar-refractivity contribution in [2.45, 2.75) is 25.8 Å². The van der Waals surface area contributed by atoms with Crippen LogP contribution in [0.15, 0.2) is 48.5 Å². The van der Waals surface area contributed by atoms with E-state index in [4.69, 9.17) is 11.6 Å². The summed E-state index contributed by atoms with van der Waals surface area (Å²) in [5, 5.41) is 3.50. The van der Waals surface area contributed by atoms with Gasteiger partial charge in [-0.1, -0.05) is 41.9 Å². The van der Waals surface area contributed by atoms with Crippen LogP contribution in [0.1, 0.15) is 25.0 Å². The number of carbonyl (C=O) groups is 1. The fourth-order valence-electron chi connectivity index (χ4n) is 2.04. The van der Waals surface area contributed by atoms with Crippen LogP contribution >= 0.6 is 11.6 Å². The number of rotatable bonds is 4. The Balaban J connectivity index is 2.08. The van der Waals surface area contributed by atoms with Crippen LogP contribution in [-0.2, 0) is 16.8 Å². The zero-order chi connectivity index (χ0) is 15.5. The van der Waals surface area contributed by atoms with E-state index in [9.17, 15) is 9.18 Å². The van der Waals surface area contributed by atoms with Gasteiger partial charge in [-0.2, -0.15) is 0 Å². The van der Waals surface area contributed by atoms with Crippen LogP contribution in [0.3, 0.4) is 0 Å². The van der Waals surface area contributed by atoms with E-state index in [1.165, 1.54) is 12.1 Å². The molecule has 4 heteroatoms. The van der Waals surface area contributed by atoms with Crippen LogP contribution in [0.2, 0.25) is 5.02 Å². The Bertz CT molecular complexity index is 637. The van der Waals surface area contributed by atoms with E-state index in [0.29, 0.717) is 11.6 Å². The largest absolute Gasteiger partial charge is 0.351 e. The average molecular weight is 306 g/mol. The van der Waals surface area contributed by atoms with Gasteiger partial charge in [0, 0.05) is 11.6 Å². The molecule has 0 aliphatic carbocycles. The van der Waals surface area contributed by atoms with Crippen LogP contribution in [0.4, 0.5) is 4.39 Å². The van der Waals surface area contributed by atoms with Crippen LogP contribution in [0.25, 0.3) is 0 Å². The average Bonchev–Trinajstić information content (AvgIpc) is 2.46. The monoisotopic (exact) mass is 305 g/mol. The summed E-state index contributed by atoms with van der Waals surface area (Å²) in [6, 6.07) is 13.3. The van der Waals surface area contributed by atoms with Gasteiger partial charge >= 0.3 is 0 Å². The molecule has 0 saturated carbocycles. The number of hydrogen-bond acceptors (Lipinski definition) is 1. The summed E-state index contributed by atoms with van der Waals surface area (Å²) >= 11 is 6.06. The van der Waals surface area contributed by atoms with Gasteiger partial charge in [0.2, 0.25) is 5.91 Å². The third kappa shape index (κ3) is 3.61. The minimum Gasteiger partial charge on any atom is -0.351 e. The topological polar surface area (TPSA) is 29.1 Å². The van der Waals surface area contributed by atoms with Gasteiger partial charge in [0.1, 0.15) is 5.82 Å². The molecule has 2 aromatic rings. The number of carbonyl (C=O) groups excluding carboxylic acids is 1. The highest BCUT2D eigenvalue weighted by atomic mass is 35.5. The summed E-state index contributed by atoms with van der Waals surface area (Å²) < 4.78 is 13.0. The maximum Gasteiger partial charge on any atom is 0.230 e. The van der Waals surface area contributed by atoms with Gasteiger partial charge in [0.25, 0.3) is 0 Å². The Hall–Kier alpha value is -1.87. The molecule has 2 nitrogen and oxygen atoms in total. The van der Waals surface area contributed by atoms with Gasteiger partial charge in [-0.15, -0.1) is 0 Å². The van der Waals surface area contributed by atoms with E-state index in [1.54, 1.807) is 18.2 Å². The first-order valence-electron chi connectivity index (χ1n) is 6.69. The van der Waals surface area contributed by atoms with Crippen molar-refractivity contribution in [3.8, 4) is 0 Å². The first-order chi connectivity index (χ1) is 9.91. The van der Waals surface area contributed by atoms with Gasteiger partial charge < -0.3 is 5.32 Å². The van der Waals surface area contributed by atoms with Gasteiger partial charge in [-0.3, -0.25) is 4.79 Å². The lowest BCUT2D eigenvalue weighted by atomic mass is 9.83. The van der Waals surface area contributed by atoms with Crippen molar-refractivity contribution in [1.82, 2.24) is 5.32 Å². The molecule has 0 fully saturated rings. The second-order valence-corrected chi connectivity index (χ2v) is 5.81. The first-order valence-corrected chi connectivity index (χ1v) is 7.07. The van der Waals surface area contributed by atoms with E-state index >= 15 is 0 Å². The number of hydrogen-bond donors (Lipinski definition) is 1. The van der Waals surface area contributed by atoms with Crippen molar-refractivity contribution < 1.29 is 9.18 Å². The molecule has 0 aliphatic heterocycles. The summed E-state index contributed by atoms with van der Waals surface area (Å²) in [5.41, 5.74) is 0.887. The molecule has 0 saturated heterocycles. The van der Waals surface area contributed by atoms with Crippen molar-refractivity contribution in [2.75, 3.05) is 0 Å². The highest BCUT2D eigenvalue weighted by molar-refractivity contribution is 6.31. The molecule has 1 N–H and O–H groups in total. The minimum absolute atomic E-state index is 0.131. The number of halogens is 2. The quantitative estimate of drug-likeness (QED) is 0.906. The van der Waals surface area contributed by atoms with Crippen molar-refractivity contribution in [1.29, 1.82) is 0 Å². The highest BCUT2D eigenvalue weighted by Gasteiger charge is 2.29. The molecular weight excluding hydrogens is 289 g/mol. The molecule has 0 atom stereocenters. The normalized spacial score (nSPS) is 11.2. The molecule has 0 heterocycles. The van der Waals surface area contributed by atoms with Gasteiger partial charge in [-0.05, 0) is 43.2 Å². The molecule has 0 radical (unpaired) electrons. The lowest BCUT2D eigenvalue weighted by Gasteiger charge is -2.24. The third-order valence-electron chi connectivity index (χ3n) is 3.53. The molecular formula is C17H17ClFNO. The maximum absolute atomic E-state index is 13.0. The molecule has 21 heavy (non-hydrogen) atoms. The Kier molecular flexibility index (Phi) is 4.63. The van der Waals surface area contributed by atoms with E-state index in [0.717, 1.165) is 11.1 Å². The van der Waals surface area contributed by atoms with Crippen LogP contribution in [0.5, 0.6) is 0 Å². The smallest absolute Gasteiger partial charge is 0.230 e. The predicted molar refractivity (Wildman–Crippen MR) is 82.7 cm³/mol. The van der Waals surface area contributed by atoms with Gasteiger partial charge in [0.05, 0.1) is 5.41 Å². The van der Waals surface area contributed by atoms with Crippen molar-refractivity contribution in [3.05, 3.63) is 70.5 Å². The predicted octanol–water partition coefficient (Wildman–Crippen LogP) is 4.07. The van der Waals surface area contributed by atoms with Crippen molar-refractivity contribution in [2.24, 2.45) is 0 Å². The number of amides is 1. The second kappa shape index (κ2) is 6.27. The lowest BCUT2D eigenvalue weighted by Crippen LogP contribution is -2.39. The van der Waals surface area contributed by atoms with E-state index < -0.39 is 5.41 Å². The third-order valence-corrected chi connectivity index (χ3v) is 3.90. The molecule has 0 spiro atoms. The molecule has 2 rings (SSSR count). The molecule has 0 aliphatic rings. The van der Waals surface area contributed by atoms with Gasteiger partial charge in [-0.25, -0.2) is 4.39 Å². The Morgan fingerprint density at radius 3 is 2.38 bits per heavy atom. The standard InChI is InChI=1S/C17H17ClFNO/c1-17(2,13-7-9-14(19)10-8-13)16(21)20-11-12-5-3-4-6-15(12)18/h3-10H,11H2,1-2H3,(H,20,21). The fraction of sp³-hybridized carbons (Fsp3) is 0.235. The van der Waals surface area contributed by atoms with Gasteiger partial charge in [0.15, 0.2) is 0 Å². The van der Waals surface area contributed by atoms with E-state index in [2.05, 4.69) is 5.32 Å². The number of nitrogens with one attached hydrogen (secondary N) is 1. The highest BCUT2D eigenvalue weighted by Crippen LogP contribution is 2.24. The van der Waals surface area contributed by atoms with Crippen LogP contribution in [0, 0.1) is 5.82 Å². The first kappa shape index (κ1) is 15.5. The summed E-state index contributed by atoms with van der Waals surface area (Å²) in [4.78, 5) is 12.4. The Morgan fingerprint density at radius 1 is 1.14 bits per heavy atom. The van der Waals surface area contributed by atoms with Crippen LogP contribution in [-0.4, -0.2) is 5.91 Å². The van der Waals surface area contributed by atoms with Crippen molar-refractivity contribution >= 4 is 17.5 Å². The summed E-state index contributed by atoms with van der Waals surface area (Å²) in [7, 11) is 0. The zero-order valence-corrected chi connectivity index (χ0v) is 12.7. The summed E-state index contributed by atoms with van der Waals surface area (Å²) in [5.74, 6) is -0.444. The SMILES string of the molecule is CC(C)(C(=O)NCc1ccccc1Cl)c1ccc(F)cc1. The summed E-state index contributed by atoms with van der Waals surface area (Å²) in [6.45, 7) is 3.98. The Morgan fingerprint density at radius 2 is 1.76 bits per heavy atom. The van der Waals surface area contributed by atoms with Crippen LogP contribution < -0.4 is 5.32 Å². The van der Waals surface area contributed by atoms with E-state index in [1.807, 2.05) is 32.0 Å². The van der Waals surface area contributed by atoms with Crippen molar-refractivity contribution in [3.63, 3.8) is 0 Å². The molecule has 0 bridgehead atoms. The zero-order valence-electron chi connectivity index (χ0n) is 12.0. The summed E-state index contributed by atoms with van der Waals surface area (Å²) in [6.07, 6.45) is 0. The molecule has 110 valence electrons. The van der Waals surface area contributed by atoms with E-state index in [-0.39, 0.29) is 11.7 Å².